The molecule has 1 heterocycles. The van der Waals surface area contributed by atoms with E-state index < -0.39 is 0 Å². The van der Waals surface area contributed by atoms with Crippen molar-refractivity contribution in [3.63, 3.8) is 0 Å². The van der Waals surface area contributed by atoms with Crippen molar-refractivity contribution in [3.05, 3.63) is 28.3 Å². The quantitative estimate of drug-likeness (QED) is 0.842. The fraction of sp³-hybridized carbons (Fsp3) is 0.500. The molecule has 0 radical (unpaired) electrons. The monoisotopic (exact) mass is 264 g/mol. The third-order valence-corrected chi connectivity index (χ3v) is 4.23. The molecule has 0 saturated heterocycles. The summed E-state index contributed by atoms with van der Waals surface area (Å²) in [6.45, 7) is 5.14. The Kier molecular flexibility index (Phi) is 3.79. The lowest BCUT2D eigenvalue weighted by Gasteiger charge is -2.31. The first-order valence-electron chi connectivity index (χ1n) is 6.11. The van der Waals surface area contributed by atoms with E-state index in [-0.39, 0.29) is 6.10 Å². The SMILES string of the molecule is COC(C)C(C)N1CCc2c1ccc(C#N)c2Cl. The largest absolute Gasteiger partial charge is 0.380 e. The predicted molar refractivity (Wildman–Crippen MR) is 73.2 cm³/mol. The summed E-state index contributed by atoms with van der Waals surface area (Å²) in [6, 6.07) is 6.21. The Hall–Kier alpha value is -1.24. The zero-order valence-corrected chi connectivity index (χ0v) is 11.7. The van der Waals surface area contributed by atoms with E-state index in [1.807, 2.05) is 6.07 Å². The molecular formula is C14H17ClN2O. The topological polar surface area (TPSA) is 36.3 Å². The molecule has 0 aromatic heterocycles. The van der Waals surface area contributed by atoms with Crippen LogP contribution in [0.3, 0.4) is 0 Å². The Balaban J connectivity index is 2.35. The summed E-state index contributed by atoms with van der Waals surface area (Å²) in [5.41, 5.74) is 2.78. The Morgan fingerprint density at radius 2 is 2.17 bits per heavy atom. The summed E-state index contributed by atoms with van der Waals surface area (Å²) in [4.78, 5) is 2.30. The van der Waals surface area contributed by atoms with E-state index in [9.17, 15) is 0 Å². The molecule has 18 heavy (non-hydrogen) atoms. The van der Waals surface area contributed by atoms with Gasteiger partial charge >= 0.3 is 0 Å². The average Bonchev–Trinajstić information content (AvgIpc) is 2.82. The van der Waals surface area contributed by atoms with E-state index in [0.717, 1.165) is 24.2 Å². The molecule has 2 rings (SSSR count). The minimum atomic E-state index is 0.158. The van der Waals surface area contributed by atoms with Crippen LogP contribution in [0.1, 0.15) is 25.0 Å². The van der Waals surface area contributed by atoms with Gasteiger partial charge in [0.05, 0.1) is 22.7 Å². The molecule has 0 saturated carbocycles. The normalized spacial score (nSPS) is 17.2. The van der Waals surface area contributed by atoms with Gasteiger partial charge in [0.15, 0.2) is 0 Å². The van der Waals surface area contributed by atoms with Gasteiger partial charge in [-0.2, -0.15) is 5.26 Å². The van der Waals surface area contributed by atoms with Crippen molar-refractivity contribution in [1.82, 2.24) is 0 Å². The lowest BCUT2D eigenvalue weighted by atomic mass is 10.1. The number of ether oxygens (including phenoxy) is 1. The number of hydrogen-bond donors (Lipinski definition) is 0. The van der Waals surface area contributed by atoms with Gasteiger partial charge in [0.25, 0.3) is 0 Å². The van der Waals surface area contributed by atoms with Gasteiger partial charge in [-0.3, -0.25) is 0 Å². The van der Waals surface area contributed by atoms with Crippen LogP contribution in [0.4, 0.5) is 5.69 Å². The van der Waals surface area contributed by atoms with E-state index in [1.54, 1.807) is 13.2 Å². The van der Waals surface area contributed by atoms with Crippen LogP contribution >= 0.6 is 11.6 Å². The Labute approximate surface area is 113 Å². The second-order valence-electron chi connectivity index (χ2n) is 4.66. The summed E-state index contributed by atoms with van der Waals surface area (Å²) >= 11 is 6.26. The summed E-state index contributed by atoms with van der Waals surface area (Å²) in [6.07, 6.45) is 1.05. The highest BCUT2D eigenvalue weighted by molar-refractivity contribution is 6.33. The van der Waals surface area contributed by atoms with Gasteiger partial charge in [-0.15, -0.1) is 0 Å². The van der Waals surface area contributed by atoms with Crippen molar-refractivity contribution < 1.29 is 4.74 Å². The maximum absolute atomic E-state index is 8.98. The molecule has 3 nitrogen and oxygen atoms in total. The number of nitriles is 1. The van der Waals surface area contributed by atoms with Gasteiger partial charge in [0.1, 0.15) is 6.07 Å². The number of methoxy groups -OCH3 is 1. The molecule has 0 amide bonds. The first-order chi connectivity index (χ1) is 8.60. The zero-order chi connectivity index (χ0) is 13.3. The molecule has 2 unspecified atom stereocenters. The van der Waals surface area contributed by atoms with Gasteiger partial charge in [-0.1, -0.05) is 11.6 Å². The Morgan fingerprint density at radius 3 is 2.78 bits per heavy atom. The Bertz CT molecular complexity index is 495. The third kappa shape index (κ3) is 2.07. The summed E-state index contributed by atoms with van der Waals surface area (Å²) < 4.78 is 5.39. The molecule has 1 aromatic rings. The van der Waals surface area contributed by atoms with E-state index in [0.29, 0.717) is 16.6 Å². The van der Waals surface area contributed by atoms with E-state index in [2.05, 4.69) is 24.8 Å². The molecule has 0 N–H and O–H groups in total. The summed E-state index contributed by atoms with van der Waals surface area (Å²) in [5, 5.41) is 9.59. The second-order valence-corrected chi connectivity index (χ2v) is 5.04. The van der Waals surface area contributed by atoms with Gasteiger partial charge in [0, 0.05) is 19.3 Å². The molecule has 0 bridgehead atoms. The molecule has 1 aromatic carbocycles. The number of rotatable bonds is 3. The van der Waals surface area contributed by atoms with Crippen molar-refractivity contribution in [2.75, 3.05) is 18.6 Å². The predicted octanol–water partition coefficient (Wildman–Crippen LogP) is 3.00. The number of anilines is 1. The van der Waals surface area contributed by atoms with E-state index in [1.165, 1.54) is 0 Å². The molecule has 1 aliphatic rings. The highest BCUT2D eigenvalue weighted by atomic mass is 35.5. The molecule has 1 aliphatic heterocycles. The molecule has 0 aliphatic carbocycles. The summed E-state index contributed by atoms with van der Waals surface area (Å²) in [7, 11) is 1.73. The molecule has 0 fully saturated rings. The average molecular weight is 265 g/mol. The number of hydrogen-bond acceptors (Lipinski definition) is 3. The van der Waals surface area contributed by atoms with Crippen molar-refractivity contribution in [2.24, 2.45) is 0 Å². The van der Waals surface area contributed by atoms with Crippen LogP contribution in [0, 0.1) is 11.3 Å². The van der Waals surface area contributed by atoms with Crippen LogP contribution in [0.15, 0.2) is 12.1 Å². The standard InChI is InChI=1S/C14H17ClN2O/c1-9(10(2)18-3)17-7-6-12-13(17)5-4-11(8-16)14(12)15/h4-5,9-10H,6-7H2,1-3H3. The highest BCUT2D eigenvalue weighted by Gasteiger charge is 2.28. The third-order valence-electron chi connectivity index (χ3n) is 3.79. The van der Waals surface area contributed by atoms with Crippen molar-refractivity contribution >= 4 is 17.3 Å². The Morgan fingerprint density at radius 1 is 1.44 bits per heavy atom. The minimum absolute atomic E-state index is 0.158. The summed E-state index contributed by atoms with van der Waals surface area (Å²) in [5.74, 6) is 0. The first kappa shape index (κ1) is 13.2. The van der Waals surface area contributed by atoms with Crippen molar-refractivity contribution in [1.29, 1.82) is 5.26 Å². The van der Waals surface area contributed by atoms with Gasteiger partial charge in [-0.25, -0.2) is 0 Å². The fourth-order valence-electron chi connectivity index (χ4n) is 2.43. The van der Waals surface area contributed by atoms with Crippen LogP contribution in [0.2, 0.25) is 5.02 Å². The fourth-order valence-corrected chi connectivity index (χ4v) is 2.73. The molecule has 2 atom stereocenters. The van der Waals surface area contributed by atoms with Gasteiger partial charge < -0.3 is 9.64 Å². The van der Waals surface area contributed by atoms with Crippen LogP contribution in [0.5, 0.6) is 0 Å². The van der Waals surface area contributed by atoms with Crippen molar-refractivity contribution in [3.8, 4) is 6.07 Å². The van der Waals surface area contributed by atoms with Crippen molar-refractivity contribution in [2.45, 2.75) is 32.4 Å². The van der Waals surface area contributed by atoms with Crippen LogP contribution < -0.4 is 4.90 Å². The van der Waals surface area contributed by atoms with Crippen LogP contribution in [-0.4, -0.2) is 25.8 Å². The highest BCUT2D eigenvalue weighted by Crippen LogP contribution is 2.37. The van der Waals surface area contributed by atoms with Gasteiger partial charge in [0.2, 0.25) is 0 Å². The molecular weight excluding hydrogens is 248 g/mol. The maximum Gasteiger partial charge on any atom is 0.101 e. The van der Waals surface area contributed by atoms with Gasteiger partial charge in [-0.05, 0) is 38.0 Å². The van der Waals surface area contributed by atoms with Crippen LogP contribution in [-0.2, 0) is 11.2 Å². The second kappa shape index (κ2) is 5.17. The minimum Gasteiger partial charge on any atom is -0.380 e. The number of nitrogens with zero attached hydrogens (tertiary/aromatic N) is 2. The lowest BCUT2D eigenvalue weighted by molar-refractivity contribution is 0.0982. The van der Waals surface area contributed by atoms with E-state index >= 15 is 0 Å². The lowest BCUT2D eigenvalue weighted by Crippen LogP contribution is -2.40. The molecule has 0 spiro atoms. The first-order valence-corrected chi connectivity index (χ1v) is 6.48. The number of benzene rings is 1. The number of fused-ring (bicyclic) bond motifs is 1. The number of halogens is 1. The maximum atomic E-state index is 8.98. The molecule has 4 heteroatoms. The smallest absolute Gasteiger partial charge is 0.101 e. The zero-order valence-electron chi connectivity index (χ0n) is 10.9. The van der Waals surface area contributed by atoms with Crippen LogP contribution in [0.25, 0.3) is 0 Å². The van der Waals surface area contributed by atoms with E-state index in [4.69, 9.17) is 21.6 Å². The molecule has 96 valence electrons.